The standard InChI is InChI=1S/C25H30N2O6/c1-5-32-25(31)21-15(2)22(26-16(21)3)23(29)17(4)33-24(30)19-13-20(28)27(14-19)12-11-18-9-7-6-8-10-18/h6-10,17,19,26H,5,11-14H2,1-4H3. The van der Waals surface area contributed by atoms with E-state index in [-0.39, 0.29) is 31.2 Å². The predicted octanol–water partition coefficient (Wildman–Crippen LogP) is 3.01. The van der Waals surface area contributed by atoms with Gasteiger partial charge in [0.2, 0.25) is 11.7 Å². The number of aromatic nitrogens is 1. The Balaban J connectivity index is 1.59. The van der Waals surface area contributed by atoms with E-state index in [9.17, 15) is 19.2 Å². The zero-order valence-electron chi connectivity index (χ0n) is 19.5. The van der Waals surface area contributed by atoms with Gasteiger partial charge in [0.1, 0.15) is 0 Å². The van der Waals surface area contributed by atoms with Gasteiger partial charge in [-0.05, 0) is 45.2 Å². The van der Waals surface area contributed by atoms with Gasteiger partial charge in [0.15, 0.2) is 6.10 Å². The predicted molar refractivity (Wildman–Crippen MR) is 121 cm³/mol. The molecule has 1 aliphatic rings. The van der Waals surface area contributed by atoms with Gasteiger partial charge >= 0.3 is 11.9 Å². The fraction of sp³-hybridized carbons (Fsp3) is 0.440. The first-order valence-corrected chi connectivity index (χ1v) is 11.2. The van der Waals surface area contributed by atoms with E-state index < -0.39 is 29.7 Å². The van der Waals surface area contributed by atoms with Crippen molar-refractivity contribution in [3.8, 4) is 0 Å². The molecule has 8 nitrogen and oxygen atoms in total. The average Bonchev–Trinajstić information content (AvgIpc) is 3.31. The van der Waals surface area contributed by atoms with Gasteiger partial charge < -0.3 is 19.4 Å². The molecular formula is C25H30N2O6. The van der Waals surface area contributed by atoms with E-state index >= 15 is 0 Å². The van der Waals surface area contributed by atoms with Crippen molar-refractivity contribution in [1.29, 1.82) is 0 Å². The zero-order chi connectivity index (χ0) is 24.1. The van der Waals surface area contributed by atoms with Gasteiger partial charge in [0, 0.05) is 25.2 Å². The lowest BCUT2D eigenvalue weighted by molar-refractivity contribution is -0.151. The molecule has 2 unspecified atom stereocenters. The van der Waals surface area contributed by atoms with E-state index in [4.69, 9.17) is 9.47 Å². The maximum atomic E-state index is 12.9. The van der Waals surface area contributed by atoms with E-state index in [1.54, 1.807) is 25.7 Å². The van der Waals surface area contributed by atoms with Crippen molar-refractivity contribution < 1.29 is 28.7 Å². The molecule has 0 saturated carbocycles. The molecule has 0 spiro atoms. The Kier molecular flexibility index (Phi) is 7.68. The first-order valence-electron chi connectivity index (χ1n) is 11.2. The van der Waals surface area contributed by atoms with E-state index in [1.807, 2.05) is 30.3 Å². The summed E-state index contributed by atoms with van der Waals surface area (Å²) in [5, 5.41) is 0. The highest BCUT2D eigenvalue weighted by molar-refractivity contribution is 6.04. The fourth-order valence-electron chi connectivity index (χ4n) is 4.09. The van der Waals surface area contributed by atoms with Crippen molar-refractivity contribution in [2.45, 2.75) is 46.6 Å². The number of benzene rings is 1. The Morgan fingerprint density at radius 1 is 1.18 bits per heavy atom. The zero-order valence-corrected chi connectivity index (χ0v) is 19.5. The molecule has 2 heterocycles. The number of rotatable bonds is 9. The number of ether oxygens (including phenoxy) is 2. The number of H-pyrrole nitrogens is 1. The molecule has 0 bridgehead atoms. The van der Waals surface area contributed by atoms with Crippen LogP contribution in [0.2, 0.25) is 0 Å². The molecule has 33 heavy (non-hydrogen) atoms. The molecule has 1 aromatic carbocycles. The summed E-state index contributed by atoms with van der Waals surface area (Å²) in [6.07, 6.45) is -0.280. The monoisotopic (exact) mass is 454 g/mol. The maximum Gasteiger partial charge on any atom is 0.340 e. The number of esters is 2. The van der Waals surface area contributed by atoms with Crippen LogP contribution in [0.5, 0.6) is 0 Å². The first kappa shape index (κ1) is 24.2. The smallest absolute Gasteiger partial charge is 0.340 e. The second kappa shape index (κ2) is 10.5. The minimum atomic E-state index is -1.06. The second-order valence-corrected chi connectivity index (χ2v) is 8.27. The fourth-order valence-corrected chi connectivity index (χ4v) is 4.09. The van der Waals surface area contributed by atoms with Crippen LogP contribution >= 0.6 is 0 Å². The Morgan fingerprint density at radius 2 is 1.88 bits per heavy atom. The van der Waals surface area contributed by atoms with Crippen molar-refractivity contribution in [2.24, 2.45) is 5.92 Å². The Labute approximate surface area is 193 Å². The van der Waals surface area contributed by atoms with Crippen molar-refractivity contribution in [3.05, 3.63) is 58.4 Å². The molecule has 1 saturated heterocycles. The molecule has 3 rings (SSSR count). The lowest BCUT2D eigenvalue weighted by atomic mass is 10.1. The summed E-state index contributed by atoms with van der Waals surface area (Å²) in [5.41, 5.74) is 2.62. The van der Waals surface area contributed by atoms with Crippen LogP contribution in [0.4, 0.5) is 0 Å². The highest BCUT2D eigenvalue weighted by atomic mass is 16.5. The lowest BCUT2D eigenvalue weighted by Crippen LogP contribution is -2.31. The number of likely N-dealkylation sites (tertiary alicyclic amines) is 1. The summed E-state index contributed by atoms with van der Waals surface area (Å²) in [5.74, 6) is -2.22. The van der Waals surface area contributed by atoms with Crippen LogP contribution in [0.1, 0.15) is 57.9 Å². The minimum absolute atomic E-state index is 0.0716. The summed E-state index contributed by atoms with van der Waals surface area (Å²) in [4.78, 5) is 54.7. The number of hydrogen-bond donors (Lipinski definition) is 1. The van der Waals surface area contributed by atoms with Crippen LogP contribution in [0.25, 0.3) is 0 Å². The molecule has 1 aromatic heterocycles. The molecule has 176 valence electrons. The van der Waals surface area contributed by atoms with Gasteiger partial charge in [-0.2, -0.15) is 0 Å². The number of amides is 1. The molecule has 8 heteroatoms. The number of carbonyl (C=O) groups is 4. The summed E-state index contributed by atoms with van der Waals surface area (Å²) in [6.45, 7) is 7.56. The quantitative estimate of drug-likeness (QED) is 0.461. The average molecular weight is 455 g/mol. The third-order valence-electron chi connectivity index (χ3n) is 5.89. The Morgan fingerprint density at radius 3 is 2.55 bits per heavy atom. The summed E-state index contributed by atoms with van der Waals surface area (Å²) in [6, 6.07) is 9.83. The Bertz CT molecular complexity index is 1040. The SMILES string of the molecule is CCOC(=O)c1c(C)[nH]c(C(=O)C(C)OC(=O)C2CC(=O)N(CCc3ccccc3)C2)c1C. The van der Waals surface area contributed by atoms with Crippen LogP contribution in [0.15, 0.2) is 30.3 Å². The van der Waals surface area contributed by atoms with Gasteiger partial charge in [-0.1, -0.05) is 30.3 Å². The van der Waals surface area contributed by atoms with Crippen molar-refractivity contribution >= 4 is 23.6 Å². The normalized spacial score (nSPS) is 16.5. The van der Waals surface area contributed by atoms with Crippen molar-refractivity contribution in [3.63, 3.8) is 0 Å². The summed E-state index contributed by atoms with van der Waals surface area (Å²) >= 11 is 0. The Hall–Kier alpha value is -3.42. The number of hydrogen-bond acceptors (Lipinski definition) is 6. The molecule has 1 fully saturated rings. The second-order valence-electron chi connectivity index (χ2n) is 8.27. The van der Waals surface area contributed by atoms with Crippen LogP contribution in [-0.2, 0) is 25.5 Å². The number of aryl methyl sites for hydroxylation is 1. The van der Waals surface area contributed by atoms with Crippen LogP contribution in [-0.4, -0.2) is 59.3 Å². The third kappa shape index (κ3) is 5.50. The topological polar surface area (TPSA) is 106 Å². The highest BCUT2D eigenvalue weighted by Gasteiger charge is 2.37. The van der Waals surface area contributed by atoms with Crippen LogP contribution in [0, 0.1) is 19.8 Å². The number of nitrogens with one attached hydrogen (secondary N) is 1. The third-order valence-corrected chi connectivity index (χ3v) is 5.89. The molecule has 0 radical (unpaired) electrons. The molecule has 1 aliphatic heterocycles. The van der Waals surface area contributed by atoms with E-state index in [0.29, 0.717) is 29.8 Å². The molecule has 2 aromatic rings. The van der Waals surface area contributed by atoms with Gasteiger partial charge in [-0.15, -0.1) is 0 Å². The number of Topliss-reactive ketones (excluding diaryl/α,β-unsaturated/α-hetero) is 1. The van der Waals surface area contributed by atoms with Gasteiger partial charge in [-0.25, -0.2) is 4.79 Å². The number of aromatic amines is 1. The molecule has 1 N–H and O–H groups in total. The number of nitrogens with zero attached hydrogens (tertiary/aromatic N) is 1. The summed E-state index contributed by atoms with van der Waals surface area (Å²) in [7, 11) is 0. The molecule has 1 amide bonds. The van der Waals surface area contributed by atoms with Gasteiger partial charge in [0.05, 0.1) is 23.8 Å². The van der Waals surface area contributed by atoms with E-state index in [0.717, 1.165) is 5.56 Å². The first-order chi connectivity index (χ1) is 15.7. The lowest BCUT2D eigenvalue weighted by Gasteiger charge is -2.17. The molecule has 2 atom stereocenters. The molecular weight excluding hydrogens is 424 g/mol. The minimum Gasteiger partial charge on any atom is -0.462 e. The van der Waals surface area contributed by atoms with Crippen molar-refractivity contribution in [1.82, 2.24) is 9.88 Å². The molecule has 0 aliphatic carbocycles. The number of ketones is 1. The van der Waals surface area contributed by atoms with E-state index in [1.165, 1.54) is 6.92 Å². The maximum absolute atomic E-state index is 12.9. The van der Waals surface area contributed by atoms with Gasteiger partial charge in [0.25, 0.3) is 0 Å². The summed E-state index contributed by atoms with van der Waals surface area (Å²) < 4.78 is 10.5. The van der Waals surface area contributed by atoms with Crippen LogP contribution < -0.4 is 0 Å². The van der Waals surface area contributed by atoms with Gasteiger partial charge in [-0.3, -0.25) is 14.4 Å². The number of carbonyl (C=O) groups excluding carboxylic acids is 4. The van der Waals surface area contributed by atoms with E-state index in [2.05, 4.69) is 4.98 Å². The highest BCUT2D eigenvalue weighted by Crippen LogP contribution is 2.23. The van der Waals surface area contributed by atoms with Crippen LogP contribution in [0.3, 0.4) is 0 Å². The largest absolute Gasteiger partial charge is 0.462 e. The van der Waals surface area contributed by atoms with Crippen molar-refractivity contribution in [2.75, 3.05) is 19.7 Å².